The Morgan fingerprint density at radius 3 is 2.95 bits per heavy atom. The Balaban J connectivity index is 1.81. The summed E-state index contributed by atoms with van der Waals surface area (Å²) in [5.74, 6) is 0.921. The third-order valence-electron chi connectivity index (χ3n) is 3.45. The highest BCUT2D eigenvalue weighted by atomic mass is 16.3. The van der Waals surface area contributed by atoms with Crippen LogP contribution >= 0.6 is 0 Å². The maximum Gasteiger partial charge on any atom is 0.103 e. The van der Waals surface area contributed by atoms with Crippen LogP contribution in [0, 0.1) is 0 Å². The van der Waals surface area contributed by atoms with Crippen LogP contribution in [0.3, 0.4) is 0 Å². The largest absolute Gasteiger partial charge is 0.469 e. The van der Waals surface area contributed by atoms with E-state index in [1.807, 2.05) is 29.1 Å². The first-order valence-corrected chi connectivity index (χ1v) is 6.93. The number of hydrogen-bond acceptors (Lipinski definition) is 3. The highest BCUT2D eigenvalue weighted by Gasteiger charge is 2.10. The molecule has 2 aromatic heterocycles. The van der Waals surface area contributed by atoms with Gasteiger partial charge in [-0.1, -0.05) is 6.92 Å². The predicted molar refractivity (Wildman–Crippen MR) is 74.0 cm³/mol. The first kappa shape index (κ1) is 13.9. The van der Waals surface area contributed by atoms with Crippen LogP contribution in [0.1, 0.15) is 44.2 Å². The number of furan rings is 1. The van der Waals surface area contributed by atoms with Crippen LogP contribution in [0.5, 0.6) is 0 Å². The minimum atomic E-state index is -0.370. The molecule has 0 aromatic carbocycles. The molecule has 0 radical (unpaired) electrons. The molecule has 2 unspecified atom stereocenters. The van der Waals surface area contributed by atoms with E-state index in [4.69, 9.17) is 4.42 Å². The molecular formula is C15H22N2O2. The second kappa shape index (κ2) is 6.57. The van der Waals surface area contributed by atoms with Crippen molar-refractivity contribution in [1.82, 2.24) is 9.78 Å². The predicted octanol–water partition coefficient (Wildman–Crippen LogP) is 2.98. The van der Waals surface area contributed by atoms with Crippen molar-refractivity contribution in [3.63, 3.8) is 0 Å². The van der Waals surface area contributed by atoms with Gasteiger partial charge in [-0.25, -0.2) is 0 Å². The Morgan fingerprint density at radius 1 is 1.42 bits per heavy atom. The molecule has 2 aromatic rings. The van der Waals surface area contributed by atoms with Gasteiger partial charge in [-0.15, -0.1) is 0 Å². The highest BCUT2D eigenvalue weighted by molar-refractivity contribution is 5.02. The van der Waals surface area contributed by atoms with E-state index in [0.29, 0.717) is 18.9 Å². The van der Waals surface area contributed by atoms with Gasteiger partial charge < -0.3 is 9.52 Å². The van der Waals surface area contributed by atoms with Crippen LogP contribution < -0.4 is 0 Å². The number of nitrogens with zero attached hydrogens (tertiary/aromatic N) is 2. The molecule has 0 saturated carbocycles. The van der Waals surface area contributed by atoms with Gasteiger partial charge in [0.25, 0.3) is 0 Å². The summed E-state index contributed by atoms with van der Waals surface area (Å²) in [6.07, 6.45) is 6.40. The third kappa shape index (κ3) is 3.96. The molecule has 2 rings (SSSR count). The normalized spacial score (nSPS) is 14.5. The van der Waals surface area contributed by atoms with Crippen molar-refractivity contribution in [3.05, 3.63) is 42.1 Å². The summed E-state index contributed by atoms with van der Waals surface area (Å²) in [4.78, 5) is 0. The minimum absolute atomic E-state index is 0.370. The molecule has 0 aliphatic heterocycles. The quantitative estimate of drug-likeness (QED) is 0.834. The lowest BCUT2D eigenvalue weighted by molar-refractivity contribution is 0.161. The Hall–Kier alpha value is -1.55. The number of aromatic nitrogens is 2. The second-order valence-electron chi connectivity index (χ2n) is 5.02. The van der Waals surface area contributed by atoms with Gasteiger partial charge in [-0.2, -0.15) is 5.10 Å². The van der Waals surface area contributed by atoms with E-state index in [2.05, 4.69) is 18.9 Å². The standard InChI is InChI=1S/C15H22N2O2/c1-3-12(2)17-9-8-13(16-17)11-14(18)6-7-15-5-4-10-19-15/h4-5,8-10,12,14,18H,3,6-7,11H2,1-2H3. The fourth-order valence-corrected chi connectivity index (χ4v) is 2.03. The molecule has 0 saturated heterocycles. The van der Waals surface area contributed by atoms with Crippen molar-refractivity contribution in [3.8, 4) is 0 Å². The summed E-state index contributed by atoms with van der Waals surface area (Å²) < 4.78 is 7.22. The summed E-state index contributed by atoms with van der Waals surface area (Å²) in [7, 11) is 0. The van der Waals surface area contributed by atoms with Gasteiger partial charge in [0.05, 0.1) is 18.1 Å². The monoisotopic (exact) mass is 262 g/mol. The van der Waals surface area contributed by atoms with E-state index >= 15 is 0 Å². The van der Waals surface area contributed by atoms with E-state index in [9.17, 15) is 5.11 Å². The number of aliphatic hydroxyl groups is 1. The molecule has 4 heteroatoms. The summed E-state index contributed by atoms with van der Waals surface area (Å²) in [6.45, 7) is 4.29. The number of aryl methyl sites for hydroxylation is 1. The van der Waals surface area contributed by atoms with Gasteiger partial charge >= 0.3 is 0 Å². The lowest BCUT2D eigenvalue weighted by atomic mass is 10.1. The Morgan fingerprint density at radius 2 is 2.26 bits per heavy atom. The summed E-state index contributed by atoms with van der Waals surface area (Å²) in [5, 5.41) is 14.5. The fraction of sp³-hybridized carbons (Fsp3) is 0.533. The van der Waals surface area contributed by atoms with Crippen molar-refractivity contribution in [2.24, 2.45) is 0 Å². The fourth-order valence-electron chi connectivity index (χ4n) is 2.03. The van der Waals surface area contributed by atoms with Crippen molar-refractivity contribution in [2.45, 2.75) is 51.7 Å². The van der Waals surface area contributed by atoms with Gasteiger partial charge in [-0.05, 0) is 38.0 Å². The summed E-state index contributed by atoms with van der Waals surface area (Å²) in [6, 6.07) is 6.20. The molecule has 0 spiro atoms. The zero-order valence-corrected chi connectivity index (χ0v) is 11.6. The molecule has 0 bridgehead atoms. The number of hydrogen-bond donors (Lipinski definition) is 1. The molecule has 0 aliphatic rings. The van der Waals surface area contributed by atoms with Crippen molar-refractivity contribution >= 4 is 0 Å². The Kier molecular flexibility index (Phi) is 4.80. The molecule has 0 aliphatic carbocycles. The zero-order valence-electron chi connectivity index (χ0n) is 11.6. The van der Waals surface area contributed by atoms with E-state index in [0.717, 1.165) is 24.3 Å². The molecule has 0 fully saturated rings. The second-order valence-corrected chi connectivity index (χ2v) is 5.02. The van der Waals surface area contributed by atoms with Crippen LogP contribution in [0.15, 0.2) is 35.1 Å². The molecular weight excluding hydrogens is 240 g/mol. The number of aliphatic hydroxyl groups excluding tert-OH is 1. The third-order valence-corrected chi connectivity index (χ3v) is 3.45. The topological polar surface area (TPSA) is 51.2 Å². The first-order chi connectivity index (χ1) is 9.19. The van der Waals surface area contributed by atoms with Gasteiger partial charge in [-0.3, -0.25) is 4.68 Å². The minimum Gasteiger partial charge on any atom is -0.469 e. The van der Waals surface area contributed by atoms with Gasteiger partial charge in [0.2, 0.25) is 0 Å². The van der Waals surface area contributed by atoms with Crippen LogP contribution in [-0.4, -0.2) is 21.0 Å². The van der Waals surface area contributed by atoms with E-state index in [1.54, 1.807) is 6.26 Å². The lowest BCUT2D eigenvalue weighted by Crippen LogP contribution is -2.13. The average Bonchev–Trinajstić information content (AvgIpc) is 3.06. The van der Waals surface area contributed by atoms with Gasteiger partial charge in [0.15, 0.2) is 0 Å². The molecule has 2 heterocycles. The highest BCUT2D eigenvalue weighted by Crippen LogP contribution is 2.12. The van der Waals surface area contributed by atoms with Crippen LogP contribution in [-0.2, 0) is 12.8 Å². The van der Waals surface area contributed by atoms with Gasteiger partial charge in [0.1, 0.15) is 5.76 Å². The van der Waals surface area contributed by atoms with Gasteiger partial charge in [0, 0.05) is 25.1 Å². The maximum atomic E-state index is 10.0. The Bertz CT molecular complexity index is 476. The van der Waals surface area contributed by atoms with Crippen LogP contribution in [0.4, 0.5) is 0 Å². The van der Waals surface area contributed by atoms with Crippen molar-refractivity contribution < 1.29 is 9.52 Å². The van der Waals surface area contributed by atoms with E-state index in [1.165, 1.54) is 0 Å². The molecule has 104 valence electrons. The molecule has 19 heavy (non-hydrogen) atoms. The molecule has 4 nitrogen and oxygen atoms in total. The van der Waals surface area contributed by atoms with Crippen LogP contribution in [0.25, 0.3) is 0 Å². The van der Waals surface area contributed by atoms with E-state index in [-0.39, 0.29) is 6.10 Å². The molecule has 0 amide bonds. The van der Waals surface area contributed by atoms with E-state index < -0.39 is 0 Å². The molecule has 2 atom stereocenters. The Labute approximate surface area is 114 Å². The molecule has 1 N–H and O–H groups in total. The van der Waals surface area contributed by atoms with Crippen LogP contribution in [0.2, 0.25) is 0 Å². The summed E-state index contributed by atoms with van der Waals surface area (Å²) >= 11 is 0. The van der Waals surface area contributed by atoms with Crippen molar-refractivity contribution in [1.29, 1.82) is 0 Å². The SMILES string of the molecule is CCC(C)n1ccc(CC(O)CCc2ccco2)n1. The average molecular weight is 262 g/mol. The first-order valence-electron chi connectivity index (χ1n) is 6.93. The lowest BCUT2D eigenvalue weighted by Gasteiger charge is -2.09. The van der Waals surface area contributed by atoms with Crippen molar-refractivity contribution in [2.75, 3.05) is 0 Å². The maximum absolute atomic E-state index is 10.0. The number of rotatable bonds is 7. The summed E-state index contributed by atoms with van der Waals surface area (Å²) in [5.41, 5.74) is 0.951. The smallest absolute Gasteiger partial charge is 0.103 e. The zero-order chi connectivity index (χ0) is 13.7.